The number of amides is 1. The van der Waals surface area contributed by atoms with E-state index in [0.29, 0.717) is 24.6 Å². The van der Waals surface area contributed by atoms with E-state index < -0.39 is 0 Å². The van der Waals surface area contributed by atoms with Gasteiger partial charge in [0.25, 0.3) is 5.95 Å². The molecule has 0 bridgehead atoms. The summed E-state index contributed by atoms with van der Waals surface area (Å²) in [5.41, 5.74) is 3.87. The highest BCUT2D eigenvalue weighted by Gasteiger charge is 2.22. The van der Waals surface area contributed by atoms with E-state index >= 15 is 0 Å². The van der Waals surface area contributed by atoms with E-state index in [4.69, 9.17) is 0 Å². The van der Waals surface area contributed by atoms with Gasteiger partial charge in [-0.3, -0.25) is 4.79 Å². The van der Waals surface area contributed by atoms with Gasteiger partial charge in [-0.25, -0.2) is 9.97 Å². The Bertz CT molecular complexity index is 1160. The highest BCUT2D eigenvalue weighted by molar-refractivity contribution is 5.90. The molecule has 0 spiro atoms. The fourth-order valence-corrected chi connectivity index (χ4v) is 3.22. The first-order valence-electron chi connectivity index (χ1n) is 10.3. The first kappa shape index (κ1) is 20.5. The van der Waals surface area contributed by atoms with Crippen LogP contribution in [0.2, 0.25) is 0 Å². The number of H-pyrrole nitrogens is 1. The highest BCUT2D eigenvalue weighted by Crippen LogP contribution is 2.25. The van der Waals surface area contributed by atoms with Crippen molar-refractivity contribution in [2.45, 2.75) is 39.0 Å². The average molecular weight is 415 g/mol. The molecule has 0 aliphatic heterocycles. The zero-order valence-electron chi connectivity index (χ0n) is 18.0. The zero-order valence-corrected chi connectivity index (χ0v) is 18.0. The van der Waals surface area contributed by atoms with E-state index in [1.807, 2.05) is 36.4 Å². The lowest BCUT2D eigenvalue weighted by Gasteiger charge is -2.13. The van der Waals surface area contributed by atoms with Crippen LogP contribution in [0.25, 0.3) is 17.2 Å². The quantitative estimate of drug-likeness (QED) is 0.485. The maximum Gasteiger partial charge on any atom is 0.252 e. The fourth-order valence-electron chi connectivity index (χ4n) is 3.22. The van der Waals surface area contributed by atoms with Gasteiger partial charge in [-0.15, -0.1) is 0 Å². The Labute approximate surface area is 181 Å². The summed E-state index contributed by atoms with van der Waals surface area (Å²) < 4.78 is 1.58. The summed E-state index contributed by atoms with van der Waals surface area (Å²) in [6, 6.07) is 17.8. The van der Waals surface area contributed by atoms with Crippen LogP contribution in [0.15, 0.2) is 67.0 Å². The first-order valence-corrected chi connectivity index (χ1v) is 10.3. The van der Waals surface area contributed by atoms with Gasteiger partial charge >= 0.3 is 0 Å². The number of nitrogens with zero attached hydrogens (tertiary/aromatic N) is 4. The lowest BCUT2D eigenvalue weighted by Crippen LogP contribution is -2.16. The number of aromatic nitrogens is 5. The van der Waals surface area contributed by atoms with Crippen molar-refractivity contribution < 1.29 is 4.79 Å². The molecule has 0 aliphatic rings. The summed E-state index contributed by atoms with van der Waals surface area (Å²) in [4.78, 5) is 24.6. The largest absolute Gasteiger partial charge is 0.358 e. The molecule has 0 atom stereocenters. The topological polar surface area (TPSA) is 88.5 Å². The maximum atomic E-state index is 12.7. The molecule has 7 nitrogen and oxygen atoms in total. The molecular weight excluding hydrogens is 388 g/mol. The molecule has 2 N–H and O–H groups in total. The Balaban J connectivity index is 1.46. The minimum Gasteiger partial charge on any atom is -0.358 e. The van der Waals surface area contributed by atoms with E-state index in [0.717, 1.165) is 22.6 Å². The number of aryl methyl sites for hydroxylation is 1. The van der Waals surface area contributed by atoms with Crippen molar-refractivity contribution in [1.29, 1.82) is 0 Å². The fraction of sp³-hybridized carbons (Fsp3) is 0.250. The predicted molar refractivity (Wildman–Crippen MR) is 121 cm³/mol. The van der Waals surface area contributed by atoms with Gasteiger partial charge in [0, 0.05) is 41.7 Å². The van der Waals surface area contributed by atoms with Crippen molar-refractivity contribution in [3.05, 3.63) is 78.4 Å². The third-order valence-corrected chi connectivity index (χ3v) is 4.94. The number of hydrogen-bond donors (Lipinski definition) is 2. The number of aromatic amines is 1. The number of anilines is 1. The van der Waals surface area contributed by atoms with Crippen LogP contribution in [-0.4, -0.2) is 30.6 Å². The minimum atomic E-state index is -0.169. The van der Waals surface area contributed by atoms with Gasteiger partial charge in [-0.05, 0) is 30.2 Å². The molecule has 158 valence electrons. The van der Waals surface area contributed by atoms with Gasteiger partial charge in [0.05, 0.1) is 5.69 Å². The Morgan fingerprint density at radius 1 is 1.03 bits per heavy atom. The van der Waals surface area contributed by atoms with Crippen LogP contribution in [0.4, 0.5) is 5.82 Å². The van der Waals surface area contributed by atoms with E-state index in [1.54, 1.807) is 23.1 Å². The molecule has 3 aromatic heterocycles. The van der Waals surface area contributed by atoms with Gasteiger partial charge in [0.15, 0.2) is 0 Å². The van der Waals surface area contributed by atoms with Crippen LogP contribution in [0.1, 0.15) is 38.6 Å². The van der Waals surface area contributed by atoms with E-state index in [9.17, 15) is 4.79 Å². The summed E-state index contributed by atoms with van der Waals surface area (Å²) in [5, 5.41) is 7.61. The van der Waals surface area contributed by atoms with Crippen LogP contribution < -0.4 is 5.32 Å². The summed E-state index contributed by atoms with van der Waals surface area (Å²) in [5.74, 6) is 0.899. The van der Waals surface area contributed by atoms with Crippen molar-refractivity contribution in [2.75, 3.05) is 5.32 Å². The summed E-state index contributed by atoms with van der Waals surface area (Å²) in [7, 11) is 0. The normalized spacial score (nSPS) is 11.5. The maximum absolute atomic E-state index is 12.7. The number of hydrogen-bond acceptors (Lipinski definition) is 4. The van der Waals surface area contributed by atoms with Crippen LogP contribution in [-0.2, 0) is 16.6 Å². The monoisotopic (exact) mass is 414 g/mol. The second-order valence-electron chi connectivity index (χ2n) is 8.44. The van der Waals surface area contributed by atoms with Gasteiger partial charge in [-0.2, -0.15) is 9.78 Å². The third kappa shape index (κ3) is 4.88. The molecule has 4 rings (SSSR count). The molecule has 0 saturated heterocycles. The molecule has 4 aromatic rings. The molecule has 1 amide bonds. The zero-order chi connectivity index (χ0) is 21.8. The number of carbonyl (C=O) groups is 1. The first-order chi connectivity index (χ1) is 14.9. The molecule has 0 saturated carbocycles. The SMILES string of the molecule is CC(C)(C)c1cc(NC(=O)CCc2ccc(-c3ccccc3)[nH]2)n(-c2ncccn2)n1. The number of rotatable bonds is 6. The van der Waals surface area contributed by atoms with E-state index in [-0.39, 0.29) is 11.3 Å². The van der Waals surface area contributed by atoms with E-state index in [1.165, 1.54) is 0 Å². The van der Waals surface area contributed by atoms with Crippen molar-refractivity contribution in [3.63, 3.8) is 0 Å². The minimum absolute atomic E-state index is 0.0894. The molecule has 31 heavy (non-hydrogen) atoms. The standard InChI is InChI=1S/C24H26N6O/c1-24(2,3)20-16-21(30(29-20)23-25-14-7-15-26-23)28-22(31)13-11-18-10-12-19(27-18)17-8-5-4-6-9-17/h4-10,12,14-16,27H,11,13H2,1-3H3,(H,28,31). The molecular formula is C24H26N6O. The number of benzene rings is 1. The van der Waals surface area contributed by atoms with Gasteiger partial charge in [0.2, 0.25) is 5.91 Å². The smallest absolute Gasteiger partial charge is 0.252 e. The number of carbonyl (C=O) groups excluding carboxylic acids is 1. The Morgan fingerprint density at radius 3 is 2.48 bits per heavy atom. The van der Waals surface area contributed by atoms with Gasteiger partial charge < -0.3 is 10.3 Å². The molecule has 0 radical (unpaired) electrons. The Hall–Kier alpha value is -3.74. The molecule has 0 aliphatic carbocycles. The van der Waals surface area contributed by atoms with Crippen molar-refractivity contribution in [2.24, 2.45) is 0 Å². The summed E-state index contributed by atoms with van der Waals surface area (Å²) in [6.45, 7) is 6.23. The van der Waals surface area contributed by atoms with Gasteiger partial charge in [0.1, 0.15) is 5.82 Å². The third-order valence-electron chi connectivity index (χ3n) is 4.94. The second kappa shape index (κ2) is 8.55. The van der Waals surface area contributed by atoms with E-state index in [2.05, 4.69) is 58.3 Å². The van der Waals surface area contributed by atoms with Crippen molar-refractivity contribution >= 4 is 11.7 Å². The lowest BCUT2D eigenvalue weighted by molar-refractivity contribution is -0.116. The molecule has 3 heterocycles. The lowest BCUT2D eigenvalue weighted by atomic mass is 9.92. The van der Waals surface area contributed by atoms with Crippen LogP contribution >= 0.6 is 0 Å². The summed E-state index contributed by atoms with van der Waals surface area (Å²) in [6.07, 6.45) is 4.27. The van der Waals surface area contributed by atoms with Crippen LogP contribution in [0, 0.1) is 0 Å². The molecule has 7 heteroatoms. The molecule has 0 fully saturated rings. The highest BCUT2D eigenvalue weighted by atomic mass is 16.1. The van der Waals surface area contributed by atoms with Crippen molar-refractivity contribution in [3.8, 4) is 17.2 Å². The predicted octanol–water partition coefficient (Wildman–Crippen LogP) is 4.53. The van der Waals surface area contributed by atoms with Crippen molar-refractivity contribution in [1.82, 2.24) is 24.7 Å². The second-order valence-corrected chi connectivity index (χ2v) is 8.44. The number of nitrogens with one attached hydrogen (secondary N) is 2. The Kier molecular flexibility index (Phi) is 5.66. The van der Waals surface area contributed by atoms with Crippen LogP contribution in [0.3, 0.4) is 0 Å². The molecule has 0 unspecified atom stereocenters. The Morgan fingerprint density at radius 2 is 1.77 bits per heavy atom. The summed E-state index contributed by atoms with van der Waals surface area (Å²) >= 11 is 0. The van der Waals surface area contributed by atoms with Crippen LogP contribution in [0.5, 0.6) is 0 Å². The molecule has 1 aromatic carbocycles. The van der Waals surface area contributed by atoms with Gasteiger partial charge in [-0.1, -0.05) is 51.1 Å². The average Bonchev–Trinajstić information content (AvgIpc) is 3.41.